The first kappa shape index (κ1) is 24.9. The van der Waals surface area contributed by atoms with Crippen LogP contribution in [0.4, 0.5) is 11.4 Å². The number of nitrogens with zero attached hydrogens (tertiary/aromatic N) is 1. The van der Waals surface area contributed by atoms with Crippen LogP contribution in [0.5, 0.6) is 11.5 Å². The van der Waals surface area contributed by atoms with Crippen LogP contribution in [0, 0.1) is 0 Å². The molecular weight excluding hydrogens is 454 g/mol. The van der Waals surface area contributed by atoms with Gasteiger partial charge in [0, 0.05) is 30.0 Å². The zero-order valence-electron chi connectivity index (χ0n) is 20.6. The maximum atomic E-state index is 13.5. The molecule has 0 radical (unpaired) electrons. The SMILES string of the molecule is COc1ccc(-c2cc3ccccc3c(=O)n2CCCCCC(=O)Nc2ccccc2N)c(OC)c1. The van der Waals surface area contributed by atoms with E-state index in [9.17, 15) is 9.59 Å². The number of carbonyl (C=O) groups excluding carboxylic acids is 1. The molecule has 0 saturated heterocycles. The molecule has 0 fully saturated rings. The number of benzene rings is 3. The van der Waals surface area contributed by atoms with Crippen LogP contribution in [0.2, 0.25) is 0 Å². The molecule has 4 rings (SSSR count). The largest absolute Gasteiger partial charge is 0.497 e. The van der Waals surface area contributed by atoms with Crippen molar-refractivity contribution in [3.63, 3.8) is 0 Å². The van der Waals surface area contributed by atoms with Crippen LogP contribution in [0.25, 0.3) is 22.0 Å². The van der Waals surface area contributed by atoms with Gasteiger partial charge in [-0.05, 0) is 54.6 Å². The van der Waals surface area contributed by atoms with Gasteiger partial charge in [0.25, 0.3) is 5.56 Å². The maximum absolute atomic E-state index is 13.5. The average Bonchev–Trinajstić information content (AvgIpc) is 2.90. The third kappa shape index (κ3) is 5.51. The van der Waals surface area contributed by atoms with Crippen molar-refractivity contribution < 1.29 is 14.3 Å². The lowest BCUT2D eigenvalue weighted by Crippen LogP contribution is -2.22. The van der Waals surface area contributed by atoms with Gasteiger partial charge in [0.05, 0.1) is 31.3 Å². The van der Waals surface area contributed by atoms with E-state index < -0.39 is 0 Å². The Hall–Kier alpha value is -4.26. The Labute approximate surface area is 210 Å². The van der Waals surface area contributed by atoms with Crippen LogP contribution in [-0.2, 0) is 11.3 Å². The van der Waals surface area contributed by atoms with E-state index in [4.69, 9.17) is 15.2 Å². The second-order valence-corrected chi connectivity index (χ2v) is 8.59. The molecule has 0 atom stereocenters. The number of pyridine rings is 1. The quantitative estimate of drug-likeness (QED) is 0.229. The molecule has 3 aromatic carbocycles. The van der Waals surface area contributed by atoms with E-state index in [0.717, 1.165) is 29.5 Å². The molecule has 7 nitrogen and oxygen atoms in total. The monoisotopic (exact) mass is 485 g/mol. The molecule has 186 valence electrons. The number of anilines is 2. The van der Waals surface area contributed by atoms with Crippen LogP contribution >= 0.6 is 0 Å². The van der Waals surface area contributed by atoms with Gasteiger partial charge in [-0.1, -0.05) is 36.8 Å². The third-order valence-electron chi connectivity index (χ3n) is 6.22. The fourth-order valence-electron chi connectivity index (χ4n) is 4.31. The Morgan fingerprint density at radius 1 is 0.917 bits per heavy atom. The van der Waals surface area contributed by atoms with Crippen LogP contribution in [0.15, 0.2) is 77.6 Å². The van der Waals surface area contributed by atoms with Gasteiger partial charge >= 0.3 is 0 Å². The molecule has 0 unspecified atom stereocenters. The molecule has 0 bridgehead atoms. The zero-order valence-corrected chi connectivity index (χ0v) is 20.6. The Morgan fingerprint density at radius 2 is 1.69 bits per heavy atom. The molecule has 0 aliphatic heterocycles. The van der Waals surface area contributed by atoms with Gasteiger partial charge in [0.2, 0.25) is 5.91 Å². The fraction of sp³-hybridized carbons (Fsp3) is 0.241. The number of hydrogen-bond donors (Lipinski definition) is 2. The lowest BCUT2D eigenvalue weighted by Gasteiger charge is -2.17. The number of unbranched alkanes of at least 4 members (excludes halogenated alkanes) is 2. The highest BCUT2D eigenvalue weighted by Crippen LogP contribution is 2.34. The molecule has 7 heteroatoms. The Balaban J connectivity index is 1.50. The number of nitrogens with two attached hydrogens (primary N) is 1. The summed E-state index contributed by atoms with van der Waals surface area (Å²) in [5.74, 6) is 1.25. The van der Waals surface area contributed by atoms with Crippen molar-refractivity contribution in [2.45, 2.75) is 32.2 Å². The number of aromatic nitrogens is 1. The Morgan fingerprint density at radius 3 is 2.47 bits per heavy atom. The predicted octanol–water partition coefficient (Wildman–Crippen LogP) is 5.47. The molecule has 0 aliphatic rings. The van der Waals surface area contributed by atoms with Crippen molar-refractivity contribution in [3.05, 3.63) is 83.2 Å². The van der Waals surface area contributed by atoms with E-state index in [-0.39, 0.29) is 11.5 Å². The number of fused-ring (bicyclic) bond motifs is 1. The summed E-state index contributed by atoms with van der Waals surface area (Å²) in [5.41, 5.74) is 8.64. The summed E-state index contributed by atoms with van der Waals surface area (Å²) in [5, 5.41) is 4.41. The van der Waals surface area contributed by atoms with Gasteiger partial charge < -0.3 is 25.1 Å². The smallest absolute Gasteiger partial charge is 0.258 e. The van der Waals surface area contributed by atoms with E-state index in [2.05, 4.69) is 5.32 Å². The van der Waals surface area contributed by atoms with Gasteiger partial charge in [-0.25, -0.2) is 0 Å². The molecular formula is C29H31N3O4. The fourth-order valence-corrected chi connectivity index (χ4v) is 4.31. The minimum Gasteiger partial charge on any atom is -0.497 e. The summed E-state index contributed by atoms with van der Waals surface area (Å²) in [6, 6.07) is 22.4. The minimum absolute atomic E-state index is 0.0433. The van der Waals surface area contributed by atoms with Gasteiger partial charge in [0.15, 0.2) is 0 Å². The third-order valence-corrected chi connectivity index (χ3v) is 6.22. The average molecular weight is 486 g/mol. The first-order chi connectivity index (χ1) is 17.5. The highest BCUT2D eigenvalue weighted by atomic mass is 16.5. The van der Waals surface area contributed by atoms with Gasteiger partial charge in [-0.15, -0.1) is 0 Å². The van der Waals surface area contributed by atoms with Crippen LogP contribution in [0.1, 0.15) is 25.7 Å². The summed E-state index contributed by atoms with van der Waals surface area (Å²) in [6.07, 6.45) is 2.66. The Kier molecular flexibility index (Phi) is 7.90. The second-order valence-electron chi connectivity index (χ2n) is 8.59. The first-order valence-electron chi connectivity index (χ1n) is 12.0. The molecule has 36 heavy (non-hydrogen) atoms. The molecule has 1 heterocycles. The van der Waals surface area contributed by atoms with Gasteiger partial charge in [0.1, 0.15) is 11.5 Å². The number of nitrogens with one attached hydrogen (secondary N) is 1. The first-order valence-corrected chi connectivity index (χ1v) is 12.0. The van der Waals surface area contributed by atoms with Crippen LogP contribution < -0.4 is 26.1 Å². The number of rotatable bonds is 10. The Bertz CT molecular complexity index is 1430. The highest BCUT2D eigenvalue weighted by molar-refractivity contribution is 5.93. The topological polar surface area (TPSA) is 95.6 Å². The number of carbonyl (C=O) groups is 1. The zero-order chi connectivity index (χ0) is 25.5. The van der Waals surface area contributed by atoms with Gasteiger partial charge in [-0.2, -0.15) is 0 Å². The normalized spacial score (nSPS) is 10.8. The lowest BCUT2D eigenvalue weighted by atomic mass is 10.0. The van der Waals surface area contributed by atoms with Crippen LogP contribution in [0.3, 0.4) is 0 Å². The standard InChI is InChI=1S/C29H31N3O4/c1-35-21-15-16-23(27(19-21)36-2)26-18-20-10-5-6-11-22(20)29(34)32(26)17-9-3-4-14-28(33)31-25-13-8-7-12-24(25)30/h5-8,10-13,15-16,18-19H,3-4,9,14,17,30H2,1-2H3,(H,31,33). The number of methoxy groups -OCH3 is 2. The van der Waals surface area contributed by atoms with E-state index in [1.807, 2.05) is 60.7 Å². The summed E-state index contributed by atoms with van der Waals surface area (Å²) < 4.78 is 12.8. The van der Waals surface area contributed by atoms with E-state index in [1.54, 1.807) is 30.9 Å². The van der Waals surface area contributed by atoms with Crippen molar-refractivity contribution in [1.82, 2.24) is 4.57 Å². The summed E-state index contributed by atoms with van der Waals surface area (Å²) in [6.45, 7) is 0.529. The van der Waals surface area contributed by atoms with E-state index in [0.29, 0.717) is 47.6 Å². The molecule has 0 spiro atoms. The van der Waals surface area contributed by atoms with Crippen molar-refractivity contribution >= 4 is 28.1 Å². The van der Waals surface area contributed by atoms with Crippen molar-refractivity contribution in [1.29, 1.82) is 0 Å². The number of nitrogen functional groups attached to an aromatic ring is 1. The number of amides is 1. The van der Waals surface area contributed by atoms with Crippen molar-refractivity contribution in [2.75, 3.05) is 25.3 Å². The summed E-state index contributed by atoms with van der Waals surface area (Å²) >= 11 is 0. The van der Waals surface area contributed by atoms with Crippen molar-refractivity contribution in [3.8, 4) is 22.8 Å². The summed E-state index contributed by atoms with van der Waals surface area (Å²) in [4.78, 5) is 25.8. The van der Waals surface area contributed by atoms with E-state index in [1.165, 1.54) is 0 Å². The number of para-hydroxylation sites is 2. The lowest BCUT2D eigenvalue weighted by molar-refractivity contribution is -0.116. The molecule has 4 aromatic rings. The summed E-state index contributed by atoms with van der Waals surface area (Å²) in [7, 11) is 3.21. The van der Waals surface area contributed by atoms with Crippen LogP contribution in [-0.4, -0.2) is 24.7 Å². The predicted molar refractivity (Wildman–Crippen MR) is 145 cm³/mol. The van der Waals surface area contributed by atoms with Crippen molar-refractivity contribution in [2.24, 2.45) is 0 Å². The molecule has 1 amide bonds. The maximum Gasteiger partial charge on any atom is 0.258 e. The molecule has 1 aromatic heterocycles. The molecule has 0 saturated carbocycles. The van der Waals surface area contributed by atoms with E-state index >= 15 is 0 Å². The molecule has 0 aliphatic carbocycles. The van der Waals surface area contributed by atoms with Gasteiger partial charge in [-0.3, -0.25) is 9.59 Å². The number of ether oxygens (including phenoxy) is 2. The second kappa shape index (κ2) is 11.4. The number of hydrogen-bond acceptors (Lipinski definition) is 5. The molecule has 3 N–H and O–H groups in total. The minimum atomic E-state index is -0.0700. The highest BCUT2D eigenvalue weighted by Gasteiger charge is 2.15.